The van der Waals surface area contributed by atoms with Crippen molar-refractivity contribution >= 4 is 0 Å². The summed E-state index contributed by atoms with van der Waals surface area (Å²) in [5, 5.41) is 0. The molecular formula is C19H22N2O2. The summed E-state index contributed by atoms with van der Waals surface area (Å²) in [4.78, 5) is 9.18. The van der Waals surface area contributed by atoms with E-state index in [1.54, 1.807) is 0 Å². The van der Waals surface area contributed by atoms with Crippen molar-refractivity contribution < 1.29 is 9.47 Å². The van der Waals surface area contributed by atoms with Crippen LogP contribution in [0.25, 0.3) is 11.3 Å². The van der Waals surface area contributed by atoms with Crippen molar-refractivity contribution in [3.05, 3.63) is 47.9 Å². The first-order valence-electron chi connectivity index (χ1n) is 8.47. The van der Waals surface area contributed by atoms with Gasteiger partial charge in [-0.25, -0.2) is 9.97 Å². The van der Waals surface area contributed by atoms with Gasteiger partial charge in [-0.15, -0.1) is 0 Å². The largest absolute Gasteiger partial charge is 0.347 e. The highest BCUT2D eigenvalue weighted by Gasteiger charge is 2.43. The molecule has 2 aromatic rings. The van der Waals surface area contributed by atoms with Gasteiger partial charge in [-0.05, 0) is 25.8 Å². The third-order valence-corrected chi connectivity index (χ3v) is 4.73. The minimum atomic E-state index is -0.366. The van der Waals surface area contributed by atoms with E-state index in [-0.39, 0.29) is 11.9 Å². The fraction of sp³-hybridized carbons (Fsp3) is 0.474. The lowest BCUT2D eigenvalue weighted by molar-refractivity contribution is -0.188. The predicted molar refractivity (Wildman–Crippen MR) is 87.8 cm³/mol. The quantitative estimate of drug-likeness (QED) is 0.834. The van der Waals surface area contributed by atoms with Crippen LogP contribution < -0.4 is 0 Å². The maximum absolute atomic E-state index is 6.31. The van der Waals surface area contributed by atoms with E-state index in [4.69, 9.17) is 9.47 Å². The molecule has 2 fully saturated rings. The predicted octanol–water partition coefficient (Wildman–Crippen LogP) is 4.20. The maximum Gasteiger partial charge on any atom is 0.169 e. The molecule has 1 unspecified atom stereocenters. The third kappa shape index (κ3) is 3.01. The molecular weight excluding hydrogens is 288 g/mol. The number of aryl methyl sites for hydroxylation is 1. The van der Waals surface area contributed by atoms with Crippen LogP contribution >= 0.6 is 0 Å². The lowest BCUT2D eigenvalue weighted by Crippen LogP contribution is -2.32. The first-order chi connectivity index (χ1) is 11.2. The van der Waals surface area contributed by atoms with Gasteiger partial charge in [0.1, 0.15) is 11.9 Å². The molecule has 0 amide bonds. The van der Waals surface area contributed by atoms with E-state index in [9.17, 15) is 0 Å². The lowest BCUT2D eigenvalue weighted by atomic mass is 9.94. The third-order valence-electron chi connectivity index (χ3n) is 4.73. The molecule has 1 atom stereocenters. The molecule has 4 rings (SSSR count). The number of aromatic nitrogens is 2. The highest BCUT2D eigenvalue weighted by molar-refractivity contribution is 5.59. The zero-order chi connectivity index (χ0) is 15.7. The SMILES string of the molecule is Cc1nc(-c2ccccc2)cc(C2COC3(CCCCC3)O2)n1. The Balaban J connectivity index is 1.61. The topological polar surface area (TPSA) is 44.2 Å². The fourth-order valence-corrected chi connectivity index (χ4v) is 3.57. The summed E-state index contributed by atoms with van der Waals surface area (Å²) in [5.74, 6) is 0.406. The monoisotopic (exact) mass is 310 g/mol. The van der Waals surface area contributed by atoms with Crippen molar-refractivity contribution in [1.29, 1.82) is 0 Å². The van der Waals surface area contributed by atoms with Crippen LogP contribution in [0.4, 0.5) is 0 Å². The Labute approximate surface area is 136 Å². The first kappa shape index (κ1) is 14.8. The number of nitrogens with zero attached hydrogens (tertiary/aromatic N) is 2. The Morgan fingerprint density at radius 2 is 1.83 bits per heavy atom. The highest BCUT2D eigenvalue weighted by Crippen LogP contribution is 2.42. The summed E-state index contributed by atoms with van der Waals surface area (Å²) in [6.45, 7) is 2.52. The molecule has 0 N–H and O–H groups in total. The number of hydrogen-bond acceptors (Lipinski definition) is 4. The molecule has 1 saturated carbocycles. The molecule has 1 aliphatic carbocycles. The van der Waals surface area contributed by atoms with Gasteiger partial charge in [0.15, 0.2) is 5.79 Å². The second-order valence-electron chi connectivity index (χ2n) is 6.48. The van der Waals surface area contributed by atoms with E-state index >= 15 is 0 Å². The fourth-order valence-electron chi connectivity index (χ4n) is 3.57. The van der Waals surface area contributed by atoms with Crippen molar-refractivity contribution in [2.45, 2.75) is 50.9 Å². The van der Waals surface area contributed by atoms with Gasteiger partial charge in [0.05, 0.1) is 18.0 Å². The van der Waals surface area contributed by atoms with Gasteiger partial charge >= 0.3 is 0 Å². The van der Waals surface area contributed by atoms with Crippen molar-refractivity contribution in [2.24, 2.45) is 0 Å². The number of hydrogen-bond donors (Lipinski definition) is 0. The number of benzene rings is 1. The molecule has 120 valence electrons. The number of ether oxygens (including phenoxy) is 2. The maximum atomic E-state index is 6.31. The molecule has 1 aliphatic heterocycles. The van der Waals surface area contributed by atoms with Crippen molar-refractivity contribution in [3.63, 3.8) is 0 Å². The summed E-state index contributed by atoms with van der Waals surface area (Å²) in [6, 6.07) is 12.2. The molecule has 4 heteroatoms. The second kappa shape index (κ2) is 6.02. The van der Waals surface area contributed by atoms with Crippen molar-refractivity contribution in [3.8, 4) is 11.3 Å². The van der Waals surface area contributed by atoms with Gasteiger partial charge < -0.3 is 9.47 Å². The van der Waals surface area contributed by atoms with Crippen LogP contribution in [0, 0.1) is 6.92 Å². The van der Waals surface area contributed by atoms with Crippen LogP contribution in [-0.2, 0) is 9.47 Å². The van der Waals surface area contributed by atoms with E-state index in [2.05, 4.69) is 22.1 Å². The summed E-state index contributed by atoms with van der Waals surface area (Å²) in [7, 11) is 0. The first-order valence-corrected chi connectivity index (χ1v) is 8.47. The zero-order valence-corrected chi connectivity index (χ0v) is 13.5. The van der Waals surface area contributed by atoms with E-state index in [1.807, 2.05) is 31.2 Å². The van der Waals surface area contributed by atoms with Crippen LogP contribution in [0.3, 0.4) is 0 Å². The molecule has 2 aliphatic rings. The number of rotatable bonds is 2. The molecule has 0 radical (unpaired) electrons. The van der Waals surface area contributed by atoms with Crippen molar-refractivity contribution in [1.82, 2.24) is 9.97 Å². The zero-order valence-electron chi connectivity index (χ0n) is 13.5. The minimum absolute atomic E-state index is 0.0859. The van der Waals surface area contributed by atoms with Crippen LogP contribution in [-0.4, -0.2) is 22.4 Å². The lowest BCUT2D eigenvalue weighted by Gasteiger charge is -2.31. The Kier molecular flexibility index (Phi) is 3.87. The van der Waals surface area contributed by atoms with Crippen LogP contribution in [0.5, 0.6) is 0 Å². The minimum Gasteiger partial charge on any atom is -0.347 e. The Morgan fingerprint density at radius 1 is 1.04 bits per heavy atom. The van der Waals surface area contributed by atoms with E-state index in [1.165, 1.54) is 19.3 Å². The van der Waals surface area contributed by atoms with Crippen LogP contribution in [0.1, 0.15) is 49.7 Å². The van der Waals surface area contributed by atoms with Crippen LogP contribution in [0.2, 0.25) is 0 Å². The summed E-state index contributed by atoms with van der Waals surface area (Å²) in [6.07, 6.45) is 5.56. The molecule has 4 nitrogen and oxygen atoms in total. The average Bonchev–Trinajstić information content (AvgIpc) is 2.99. The molecule has 2 heterocycles. The highest BCUT2D eigenvalue weighted by atomic mass is 16.7. The van der Waals surface area contributed by atoms with E-state index in [0.717, 1.165) is 35.6 Å². The molecule has 1 saturated heterocycles. The molecule has 1 aromatic heterocycles. The normalized spacial score (nSPS) is 23.3. The molecule has 1 spiro atoms. The summed E-state index contributed by atoms with van der Waals surface area (Å²) < 4.78 is 12.4. The van der Waals surface area contributed by atoms with Crippen molar-refractivity contribution in [2.75, 3.05) is 6.61 Å². The van der Waals surface area contributed by atoms with E-state index in [0.29, 0.717) is 6.61 Å². The molecule has 1 aromatic carbocycles. The average molecular weight is 310 g/mol. The Morgan fingerprint density at radius 3 is 2.61 bits per heavy atom. The smallest absolute Gasteiger partial charge is 0.169 e. The van der Waals surface area contributed by atoms with Crippen LogP contribution in [0.15, 0.2) is 36.4 Å². The summed E-state index contributed by atoms with van der Waals surface area (Å²) >= 11 is 0. The van der Waals surface area contributed by atoms with Gasteiger partial charge in [0.25, 0.3) is 0 Å². The van der Waals surface area contributed by atoms with Gasteiger partial charge in [0, 0.05) is 18.4 Å². The summed E-state index contributed by atoms with van der Waals surface area (Å²) in [5.41, 5.74) is 2.98. The van der Waals surface area contributed by atoms with E-state index < -0.39 is 0 Å². The van der Waals surface area contributed by atoms with Gasteiger partial charge in [-0.3, -0.25) is 0 Å². The molecule has 23 heavy (non-hydrogen) atoms. The van der Waals surface area contributed by atoms with Gasteiger partial charge in [-0.2, -0.15) is 0 Å². The van der Waals surface area contributed by atoms with Gasteiger partial charge in [0.2, 0.25) is 0 Å². The Bertz CT molecular complexity index is 681. The second-order valence-corrected chi connectivity index (χ2v) is 6.48. The Hall–Kier alpha value is -1.78. The van der Waals surface area contributed by atoms with Gasteiger partial charge in [-0.1, -0.05) is 36.8 Å². The standard InChI is InChI=1S/C19H22N2O2/c1-14-20-16(15-8-4-2-5-9-15)12-17(21-14)18-13-22-19(23-18)10-6-3-7-11-19/h2,4-5,8-9,12,18H,3,6-7,10-11,13H2,1H3. The molecule has 0 bridgehead atoms.